The first-order chi connectivity index (χ1) is 15.3. The molecule has 0 amide bonds. The lowest BCUT2D eigenvalue weighted by atomic mass is 9.97. The fourth-order valence-corrected chi connectivity index (χ4v) is 3.99. The molecule has 31 heavy (non-hydrogen) atoms. The molecule has 0 spiro atoms. The van der Waals surface area contributed by atoms with Crippen LogP contribution in [0.15, 0.2) is 79.1 Å². The molecule has 0 saturated carbocycles. The number of ketones is 1. The maximum Gasteiger partial charge on any atom is 0.191 e. The molecule has 1 aliphatic heterocycles. The molecule has 0 radical (unpaired) electrons. The number of ether oxygens (including phenoxy) is 1. The summed E-state index contributed by atoms with van der Waals surface area (Å²) in [7, 11) is 0. The van der Waals surface area contributed by atoms with Crippen molar-refractivity contribution in [2.24, 2.45) is 0 Å². The van der Waals surface area contributed by atoms with Crippen LogP contribution in [0, 0.1) is 0 Å². The number of hydrogen-bond donors (Lipinski definition) is 2. The molecule has 6 nitrogen and oxygen atoms in total. The molecule has 1 atom stereocenters. The van der Waals surface area contributed by atoms with Gasteiger partial charge in [-0.3, -0.25) is 4.79 Å². The predicted octanol–water partition coefficient (Wildman–Crippen LogP) is 4.44. The summed E-state index contributed by atoms with van der Waals surface area (Å²) in [6.07, 6.45) is 3.59. The molecule has 6 heteroatoms. The van der Waals surface area contributed by atoms with Gasteiger partial charge in [0.25, 0.3) is 0 Å². The first-order valence-corrected chi connectivity index (χ1v) is 10.5. The van der Waals surface area contributed by atoms with Gasteiger partial charge in [-0.2, -0.15) is 0 Å². The molecule has 2 aromatic carbocycles. The number of carbonyl (C=O) groups excluding carboxylic acids is 1. The van der Waals surface area contributed by atoms with E-state index in [2.05, 4.69) is 20.2 Å². The lowest BCUT2D eigenvalue weighted by Gasteiger charge is -2.28. The fraction of sp³-hybridized carbons (Fsp3) is 0.200. The summed E-state index contributed by atoms with van der Waals surface area (Å²) in [6.45, 7) is 3.12. The molecule has 2 aromatic heterocycles. The van der Waals surface area contributed by atoms with E-state index in [0.29, 0.717) is 5.56 Å². The van der Waals surface area contributed by atoms with E-state index in [1.165, 1.54) is 0 Å². The minimum Gasteiger partial charge on any atom is -0.378 e. The van der Waals surface area contributed by atoms with Crippen LogP contribution < -0.4 is 10.2 Å². The minimum absolute atomic E-state index is 0.0147. The zero-order valence-corrected chi connectivity index (χ0v) is 17.1. The maximum atomic E-state index is 13.6. The quantitative estimate of drug-likeness (QED) is 0.458. The van der Waals surface area contributed by atoms with Crippen molar-refractivity contribution < 1.29 is 9.53 Å². The molecule has 1 saturated heterocycles. The van der Waals surface area contributed by atoms with Crippen LogP contribution in [0.25, 0.3) is 10.9 Å². The molecule has 156 valence electrons. The summed E-state index contributed by atoms with van der Waals surface area (Å²) in [5, 5.41) is 4.34. The van der Waals surface area contributed by atoms with Gasteiger partial charge in [0.1, 0.15) is 11.9 Å². The number of anilines is 2. The van der Waals surface area contributed by atoms with E-state index in [9.17, 15) is 4.79 Å². The SMILES string of the molecule is O=C(c1c[nH]c2ccccc12)[C@H](Nc1ccc(N2CCOCC2)nc1)c1ccccc1. The van der Waals surface area contributed by atoms with E-state index in [0.717, 1.165) is 54.3 Å². The smallest absolute Gasteiger partial charge is 0.191 e. The second-order valence-electron chi connectivity index (χ2n) is 7.60. The van der Waals surface area contributed by atoms with E-state index in [1.807, 2.05) is 66.7 Å². The highest BCUT2D eigenvalue weighted by atomic mass is 16.5. The van der Waals surface area contributed by atoms with Gasteiger partial charge >= 0.3 is 0 Å². The van der Waals surface area contributed by atoms with Crippen LogP contribution >= 0.6 is 0 Å². The van der Waals surface area contributed by atoms with E-state index < -0.39 is 6.04 Å². The Labute approximate surface area is 180 Å². The number of nitrogens with one attached hydrogen (secondary N) is 2. The van der Waals surface area contributed by atoms with Gasteiger partial charge in [0.05, 0.1) is 25.1 Å². The molecule has 0 bridgehead atoms. The molecule has 3 heterocycles. The van der Waals surface area contributed by atoms with Gasteiger partial charge < -0.3 is 19.9 Å². The van der Waals surface area contributed by atoms with Crippen LogP contribution in [0.3, 0.4) is 0 Å². The minimum atomic E-state index is -0.517. The summed E-state index contributed by atoms with van der Waals surface area (Å²) in [5.41, 5.74) is 3.35. The normalized spacial score (nSPS) is 15.0. The van der Waals surface area contributed by atoms with E-state index in [-0.39, 0.29) is 5.78 Å². The summed E-state index contributed by atoms with van der Waals surface area (Å²) >= 11 is 0. The zero-order chi connectivity index (χ0) is 21.0. The number of Topliss-reactive ketones (excluding diaryl/α,β-unsaturated/α-hetero) is 1. The van der Waals surface area contributed by atoms with Gasteiger partial charge in [-0.1, -0.05) is 48.5 Å². The fourth-order valence-electron chi connectivity index (χ4n) is 3.99. The Hall–Kier alpha value is -3.64. The number of rotatable bonds is 6. The van der Waals surface area contributed by atoms with Crippen LogP contribution in [-0.2, 0) is 4.74 Å². The Balaban J connectivity index is 1.44. The van der Waals surface area contributed by atoms with Gasteiger partial charge in [0.2, 0.25) is 0 Å². The highest BCUT2D eigenvalue weighted by Gasteiger charge is 2.24. The third-order valence-corrected chi connectivity index (χ3v) is 5.64. The maximum absolute atomic E-state index is 13.6. The van der Waals surface area contributed by atoms with Gasteiger partial charge in [-0.15, -0.1) is 0 Å². The second-order valence-corrected chi connectivity index (χ2v) is 7.60. The highest BCUT2D eigenvalue weighted by Crippen LogP contribution is 2.28. The molecule has 1 aliphatic rings. The van der Waals surface area contributed by atoms with Gasteiger partial charge in [-0.05, 0) is 23.8 Å². The van der Waals surface area contributed by atoms with Crippen molar-refractivity contribution in [1.82, 2.24) is 9.97 Å². The number of fused-ring (bicyclic) bond motifs is 1. The van der Waals surface area contributed by atoms with E-state index >= 15 is 0 Å². The van der Waals surface area contributed by atoms with Crippen molar-refractivity contribution in [3.63, 3.8) is 0 Å². The van der Waals surface area contributed by atoms with Crippen LogP contribution in [0.1, 0.15) is 22.0 Å². The molecule has 5 rings (SSSR count). The van der Waals surface area contributed by atoms with Crippen molar-refractivity contribution in [2.45, 2.75) is 6.04 Å². The average Bonchev–Trinajstić information content (AvgIpc) is 3.28. The predicted molar refractivity (Wildman–Crippen MR) is 123 cm³/mol. The second kappa shape index (κ2) is 8.62. The Morgan fingerprint density at radius 1 is 1.00 bits per heavy atom. The van der Waals surface area contributed by atoms with Crippen molar-refractivity contribution in [1.29, 1.82) is 0 Å². The number of nitrogens with zero attached hydrogens (tertiary/aromatic N) is 2. The molecule has 1 fully saturated rings. The Bertz CT molecular complexity index is 1170. The average molecular weight is 412 g/mol. The summed E-state index contributed by atoms with van der Waals surface area (Å²) in [5.74, 6) is 0.939. The Kier molecular flexibility index (Phi) is 5.37. The van der Waals surface area contributed by atoms with E-state index in [4.69, 9.17) is 4.74 Å². The van der Waals surface area contributed by atoms with Crippen molar-refractivity contribution in [3.05, 3.63) is 90.3 Å². The summed E-state index contributed by atoms with van der Waals surface area (Å²) in [6, 6.07) is 21.1. The van der Waals surface area contributed by atoms with Crippen LogP contribution in [0.5, 0.6) is 0 Å². The van der Waals surface area contributed by atoms with Gasteiger partial charge in [-0.25, -0.2) is 4.98 Å². The number of para-hydroxylation sites is 1. The van der Waals surface area contributed by atoms with Crippen LogP contribution in [0.4, 0.5) is 11.5 Å². The standard InChI is InChI=1S/C25H24N4O2/c30-25(21-17-26-22-9-5-4-8-20(21)22)24(18-6-2-1-3-7-18)28-19-10-11-23(27-16-19)29-12-14-31-15-13-29/h1-11,16-17,24,26,28H,12-15H2/t24-/m1/s1. The van der Waals surface area contributed by atoms with Crippen LogP contribution in [0.2, 0.25) is 0 Å². The topological polar surface area (TPSA) is 70.2 Å². The first kappa shape index (κ1) is 19.3. The first-order valence-electron chi connectivity index (χ1n) is 10.5. The summed E-state index contributed by atoms with van der Waals surface area (Å²) in [4.78, 5) is 23.6. The Morgan fingerprint density at radius 3 is 2.55 bits per heavy atom. The lowest BCUT2D eigenvalue weighted by molar-refractivity contribution is 0.0971. The number of H-pyrrole nitrogens is 1. The molecule has 4 aromatic rings. The number of pyridine rings is 1. The van der Waals surface area contributed by atoms with E-state index in [1.54, 1.807) is 12.4 Å². The zero-order valence-electron chi connectivity index (χ0n) is 17.1. The van der Waals surface area contributed by atoms with Crippen molar-refractivity contribution in [2.75, 3.05) is 36.5 Å². The molecular formula is C25H24N4O2. The van der Waals surface area contributed by atoms with Crippen molar-refractivity contribution >= 4 is 28.2 Å². The third-order valence-electron chi connectivity index (χ3n) is 5.64. The number of carbonyl (C=O) groups is 1. The molecular weight excluding hydrogens is 388 g/mol. The molecule has 0 unspecified atom stereocenters. The molecule has 2 N–H and O–H groups in total. The highest BCUT2D eigenvalue weighted by molar-refractivity contribution is 6.11. The Morgan fingerprint density at radius 2 is 1.77 bits per heavy atom. The number of morpholine rings is 1. The molecule has 0 aliphatic carbocycles. The van der Waals surface area contributed by atoms with Gasteiger partial charge in [0, 0.05) is 35.8 Å². The van der Waals surface area contributed by atoms with Crippen molar-refractivity contribution in [3.8, 4) is 0 Å². The number of benzene rings is 2. The summed E-state index contributed by atoms with van der Waals surface area (Å²) < 4.78 is 5.42. The third kappa shape index (κ3) is 4.02. The van der Waals surface area contributed by atoms with Gasteiger partial charge in [0.15, 0.2) is 5.78 Å². The monoisotopic (exact) mass is 412 g/mol. The number of hydrogen-bond acceptors (Lipinski definition) is 5. The lowest BCUT2D eigenvalue weighted by Crippen LogP contribution is -2.36. The largest absolute Gasteiger partial charge is 0.378 e. The van der Waals surface area contributed by atoms with Crippen LogP contribution in [-0.4, -0.2) is 42.1 Å². The number of aromatic amines is 1. The number of aromatic nitrogens is 2.